The Hall–Kier alpha value is -2.83. The van der Waals surface area contributed by atoms with Crippen LogP contribution in [-0.2, 0) is 6.54 Å². The van der Waals surface area contributed by atoms with Crippen LogP contribution < -0.4 is 20.1 Å². The van der Waals surface area contributed by atoms with Crippen LogP contribution in [0.1, 0.15) is 22.5 Å². The highest BCUT2D eigenvalue weighted by Crippen LogP contribution is 2.33. The van der Waals surface area contributed by atoms with E-state index in [0.717, 1.165) is 23.5 Å². The Balaban J connectivity index is 1.70. The molecule has 1 amide bonds. The first-order valence-corrected chi connectivity index (χ1v) is 7.45. The number of carbonyl (C=O) groups excluding carboxylic acids is 1. The van der Waals surface area contributed by atoms with Gasteiger partial charge < -0.3 is 20.1 Å². The highest BCUT2D eigenvalue weighted by molar-refractivity contribution is 5.91. The lowest BCUT2D eigenvalue weighted by Crippen LogP contribution is -2.19. The molecular weight excluding hydrogens is 296 g/mol. The van der Waals surface area contributed by atoms with Crippen LogP contribution in [0.5, 0.6) is 11.5 Å². The highest BCUT2D eigenvalue weighted by atomic mass is 16.5. The average Bonchev–Trinajstić information content (AvgIpc) is 2.85. The molecule has 120 valence electrons. The minimum absolute atomic E-state index is 0.261. The number of carbonyl (C=O) groups is 1. The van der Waals surface area contributed by atoms with Gasteiger partial charge in [0.15, 0.2) is 17.2 Å². The first kappa shape index (κ1) is 15.1. The number of anilines is 1. The maximum absolute atomic E-state index is 11.4. The molecule has 1 aliphatic heterocycles. The molecule has 0 fully saturated rings. The number of hydrogen-bond acceptors (Lipinski definition) is 6. The third kappa shape index (κ3) is 3.50. The van der Waals surface area contributed by atoms with Crippen molar-refractivity contribution in [2.75, 3.05) is 25.6 Å². The summed E-state index contributed by atoms with van der Waals surface area (Å²) in [5.41, 5.74) is 1.27. The van der Waals surface area contributed by atoms with Gasteiger partial charge in [-0.2, -0.15) is 0 Å². The quantitative estimate of drug-likeness (QED) is 0.892. The van der Waals surface area contributed by atoms with Crippen LogP contribution in [0.15, 0.2) is 30.3 Å². The number of para-hydroxylation sites is 1. The Labute approximate surface area is 134 Å². The summed E-state index contributed by atoms with van der Waals surface area (Å²) < 4.78 is 11.4. The second kappa shape index (κ2) is 6.95. The number of fused-ring (bicyclic) bond motifs is 1. The van der Waals surface area contributed by atoms with Gasteiger partial charge in [0, 0.05) is 25.6 Å². The molecule has 0 radical (unpaired) electrons. The summed E-state index contributed by atoms with van der Waals surface area (Å²) in [5, 5.41) is 13.6. The molecule has 0 saturated heterocycles. The van der Waals surface area contributed by atoms with Crippen molar-refractivity contribution >= 4 is 11.7 Å². The molecular formula is C16H18N4O3. The van der Waals surface area contributed by atoms with Crippen molar-refractivity contribution in [3.8, 4) is 11.5 Å². The van der Waals surface area contributed by atoms with E-state index in [1.54, 1.807) is 19.2 Å². The van der Waals surface area contributed by atoms with E-state index < -0.39 is 0 Å². The summed E-state index contributed by atoms with van der Waals surface area (Å²) >= 11 is 0. The van der Waals surface area contributed by atoms with Gasteiger partial charge in [0.1, 0.15) is 5.82 Å². The van der Waals surface area contributed by atoms with E-state index in [9.17, 15) is 4.79 Å². The third-order valence-electron chi connectivity index (χ3n) is 3.44. The number of nitrogens with zero attached hydrogens (tertiary/aromatic N) is 2. The normalized spacial score (nSPS) is 13.1. The smallest absolute Gasteiger partial charge is 0.271 e. The van der Waals surface area contributed by atoms with Gasteiger partial charge in [0.2, 0.25) is 0 Å². The molecule has 0 bridgehead atoms. The Morgan fingerprint density at radius 3 is 2.83 bits per heavy atom. The van der Waals surface area contributed by atoms with Gasteiger partial charge in [-0.3, -0.25) is 4.79 Å². The van der Waals surface area contributed by atoms with Gasteiger partial charge in [-0.1, -0.05) is 12.1 Å². The van der Waals surface area contributed by atoms with Gasteiger partial charge in [-0.05, 0) is 18.2 Å². The third-order valence-corrected chi connectivity index (χ3v) is 3.44. The van der Waals surface area contributed by atoms with Crippen molar-refractivity contribution < 1.29 is 14.3 Å². The monoisotopic (exact) mass is 314 g/mol. The van der Waals surface area contributed by atoms with Crippen molar-refractivity contribution in [3.63, 3.8) is 0 Å². The van der Waals surface area contributed by atoms with Crippen LogP contribution in [0.3, 0.4) is 0 Å². The summed E-state index contributed by atoms with van der Waals surface area (Å²) in [6, 6.07) is 9.16. The molecule has 0 aliphatic carbocycles. The fraction of sp³-hybridized carbons (Fsp3) is 0.312. The number of hydrogen-bond donors (Lipinski definition) is 2. The first-order valence-electron chi connectivity index (χ1n) is 7.45. The standard InChI is InChI=1S/C16H18N4O3/c1-17-16(21)12-6-7-14(20-19-12)18-10-11-4-2-5-13-15(11)23-9-3-8-22-13/h2,4-7H,3,8-10H2,1H3,(H,17,21)(H,18,20). The fourth-order valence-corrected chi connectivity index (χ4v) is 2.25. The van der Waals surface area contributed by atoms with Gasteiger partial charge in [-0.25, -0.2) is 0 Å². The van der Waals surface area contributed by atoms with Gasteiger partial charge in [0.05, 0.1) is 13.2 Å². The molecule has 7 nitrogen and oxygen atoms in total. The molecule has 0 saturated carbocycles. The number of ether oxygens (including phenoxy) is 2. The predicted molar refractivity (Wildman–Crippen MR) is 84.8 cm³/mol. The second-order valence-corrected chi connectivity index (χ2v) is 5.03. The van der Waals surface area contributed by atoms with E-state index in [1.165, 1.54) is 0 Å². The summed E-state index contributed by atoms with van der Waals surface area (Å²) in [6.45, 7) is 1.83. The van der Waals surface area contributed by atoms with Crippen molar-refractivity contribution in [1.82, 2.24) is 15.5 Å². The summed E-state index contributed by atoms with van der Waals surface area (Å²) in [6.07, 6.45) is 0.869. The molecule has 3 rings (SSSR count). The Morgan fingerprint density at radius 2 is 2.04 bits per heavy atom. The summed E-state index contributed by atoms with van der Waals surface area (Å²) in [7, 11) is 1.55. The Bertz CT molecular complexity index is 688. The molecule has 23 heavy (non-hydrogen) atoms. The van der Waals surface area contributed by atoms with Gasteiger partial charge >= 0.3 is 0 Å². The van der Waals surface area contributed by atoms with Crippen LogP contribution in [0.2, 0.25) is 0 Å². The lowest BCUT2D eigenvalue weighted by atomic mass is 10.2. The molecule has 7 heteroatoms. The molecule has 0 unspecified atom stereocenters. The molecule has 2 N–H and O–H groups in total. The number of nitrogens with one attached hydrogen (secondary N) is 2. The van der Waals surface area contributed by atoms with E-state index >= 15 is 0 Å². The molecule has 0 atom stereocenters. The number of aromatic nitrogens is 2. The number of rotatable bonds is 4. The summed E-state index contributed by atoms with van der Waals surface area (Å²) in [5.74, 6) is 1.86. The summed E-state index contributed by atoms with van der Waals surface area (Å²) in [4.78, 5) is 11.4. The molecule has 2 aromatic rings. The van der Waals surface area contributed by atoms with Crippen molar-refractivity contribution in [2.24, 2.45) is 0 Å². The molecule has 1 aromatic carbocycles. The van der Waals surface area contributed by atoms with Crippen LogP contribution >= 0.6 is 0 Å². The number of benzene rings is 1. The van der Waals surface area contributed by atoms with E-state index in [1.807, 2.05) is 18.2 Å². The molecule has 1 aliphatic rings. The minimum Gasteiger partial charge on any atom is -0.490 e. The van der Waals surface area contributed by atoms with Crippen LogP contribution in [0.4, 0.5) is 5.82 Å². The van der Waals surface area contributed by atoms with Crippen molar-refractivity contribution in [2.45, 2.75) is 13.0 Å². The van der Waals surface area contributed by atoms with Crippen molar-refractivity contribution in [1.29, 1.82) is 0 Å². The van der Waals surface area contributed by atoms with E-state index in [0.29, 0.717) is 25.6 Å². The van der Waals surface area contributed by atoms with Gasteiger partial charge in [0.25, 0.3) is 5.91 Å². The van der Waals surface area contributed by atoms with E-state index in [4.69, 9.17) is 9.47 Å². The lowest BCUT2D eigenvalue weighted by Gasteiger charge is -2.13. The zero-order chi connectivity index (χ0) is 16.1. The number of amides is 1. The molecule has 1 aromatic heterocycles. The van der Waals surface area contributed by atoms with Crippen LogP contribution in [0.25, 0.3) is 0 Å². The largest absolute Gasteiger partial charge is 0.490 e. The zero-order valence-electron chi connectivity index (χ0n) is 12.8. The molecule has 0 spiro atoms. The fourth-order valence-electron chi connectivity index (χ4n) is 2.25. The van der Waals surface area contributed by atoms with Crippen LogP contribution in [0, 0.1) is 0 Å². The van der Waals surface area contributed by atoms with E-state index in [-0.39, 0.29) is 11.6 Å². The topological polar surface area (TPSA) is 85.4 Å². The molecule has 2 heterocycles. The second-order valence-electron chi connectivity index (χ2n) is 5.03. The highest BCUT2D eigenvalue weighted by Gasteiger charge is 2.14. The van der Waals surface area contributed by atoms with Gasteiger partial charge in [-0.15, -0.1) is 10.2 Å². The van der Waals surface area contributed by atoms with Crippen molar-refractivity contribution in [3.05, 3.63) is 41.6 Å². The van der Waals surface area contributed by atoms with Crippen LogP contribution in [-0.4, -0.2) is 36.4 Å². The maximum Gasteiger partial charge on any atom is 0.271 e. The average molecular weight is 314 g/mol. The zero-order valence-corrected chi connectivity index (χ0v) is 12.8. The predicted octanol–water partition coefficient (Wildman–Crippen LogP) is 1.61. The maximum atomic E-state index is 11.4. The first-order chi connectivity index (χ1) is 11.3. The Morgan fingerprint density at radius 1 is 1.17 bits per heavy atom. The Kier molecular flexibility index (Phi) is 4.56. The SMILES string of the molecule is CNC(=O)c1ccc(NCc2cccc3c2OCCCO3)nn1. The van der Waals surface area contributed by atoms with E-state index in [2.05, 4.69) is 20.8 Å². The minimum atomic E-state index is -0.261. The lowest BCUT2D eigenvalue weighted by molar-refractivity contribution is 0.0957.